The largest absolute Gasteiger partial charge is 0.456 e. The zero-order valence-electron chi connectivity index (χ0n) is 26.4. The van der Waals surface area contributed by atoms with Crippen LogP contribution < -0.4 is 10.3 Å². The van der Waals surface area contributed by atoms with Gasteiger partial charge in [0.05, 0.1) is 27.6 Å². The first kappa shape index (κ1) is 26.9. The molecule has 0 N–H and O–H groups in total. The Morgan fingerprint density at radius 1 is 0.587 bits per heavy atom. The van der Waals surface area contributed by atoms with Gasteiger partial charge < -0.3 is 9.32 Å². The van der Waals surface area contributed by atoms with Crippen molar-refractivity contribution >= 4 is 39.0 Å². The predicted octanol–water partition coefficient (Wildman–Crippen LogP) is 10.7. The molecule has 1 spiro atoms. The number of benzene rings is 6. The number of hydrogen-bond donors (Lipinski definition) is 0. The van der Waals surface area contributed by atoms with Crippen molar-refractivity contribution in [3.05, 3.63) is 171 Å². The van der Waals surface area contributed by atoms with Crippen LogP contribution in [0.25, 0.3) is 33.1 Å². The SMILES string of the molecule is Cc1ccc2oc3cc4c(cc3c(=O)c2c1)-c1ccc(C(C)(C)C)cc1C41c2ccccc2N(c2ccccc2)c2ccccc21. The molecule has 1 aromatic heterocycles. The van der Waals surface area contributed by atoms with Crippen molar-refractivity contribution in [3.63, 3.8) is 0 Å². The molecule has 0 amide bonds. The van der Waals surface area contributed by atoms with Gasteiger partial charge in [0.15, 0.2) is 0 Å². The fourth-order valence-electron chi connectivity index (χ4n) is 7.93. The van der Waals surface area contributed by atoms with Gasteiger partial charge in [0.1, 0.15) is 11.2 Å². The number of rotatable bonds is 1. The van der Waals surface area contributed by atoms with E-state index >= 15 is 0 Å². The molecule has 2 heterocycles. The van der Waals surface area contributed by atoms with Crippen LogP contribution in [0.5, 0.6) is 0 Å². The van der Waals surface area contributed by atoms with Gasteiger partial charge in [-0.15, -0.1) is 0 Å². The van der Waals surface area contributed by atoms with Gasteiger partial charge in [-0.05, 0) is 99.8 Å². The van der Waals surface area contributed by atoms with Gasteiger partial charge in [-0.25, -0.2) is 0 Å². The van der Waals surface area contributed by atoms with Crippen LogP contribution in [0.2, 0.25) is 0 Å². The van der Waals surface area contributed by atoms with Crippen molar-refractivity contribution in [1.29, 1.82) is 0 Å². The molecule has 46 heavy (non-hydrogen) atoms. The number of aryl methyl sites for hydroxylation is 1. The third-order valence-corrected chi connectivity index (χ3v) is 10.1. The molecule has 0 saturated carbocycles. The monoisotopic (exact) mass is 595 g/mol. The number of anilines is 3. The highest BCUT2D eigenvalue weighted by molar-refractivity contribution is 6.00. The lowest BCUT2D eigenvalue weighted by Crippen LogP contribution is -2.36. The van der Waals surface area contributed by atoms with E-state index in [0.717, 1.165) is 39.3 Å². The Morgan fingerprint density at radius 2 is 1.22 bits per heavy atom. The highest BCUT2D eigenvalue weighted by Crippen LogP contribution is 2.64. The lowest BCUT2D eigenvalue weighted by Gasteiger charge is -2.45. The molecule has 6 aromatic carbocycles. The fraction of sp³-hybridized carbons (Fsp3) is 0.140. The first-order valence-corrected chi connectivity index (χ1v) is 16.0. The molecule has 2 aliphatic rings. The van der Waals surface area contributed by atoms with Crippen LogP contribution in [0.1, 0.15) is 54.2 Å². The Hall–Kier alpha value is -5.41. The second kappa shape index (κ2) is 9.31. The molecule has 222 valence electrons. The summed E-state index contributed by atoms with van der Waals surface area (Å²) < 4.78 is 6.57. The third-order valence-electron chi connectivity index (χ3n) is 10.1. The van der Waals surface area contributed by atoms with Gasteiger partial charge in [-0.1, -0.05) is 105 Å². The summed E-state index contributed by atoms with van der Waals surface area (Å²) in [5.74, 6) is 0. The van der Waals surface area contributed by atoms with E-state index in [0.29, 0.717) is 21.9 Å². The summed E-state index contributed by atoms with van der Waals surface area (Å²) in [5.41, 5.74) is 13.3. The van der Waals surface area contributed by atoms with E-state index in [9.17, 15) is 4.79 Å². The maximum absolute atomic E-state index is 14.0. The molecule has 1 aliphatic carbocycles. The highest BCUT2D eigenvalue weighted by atomic mass is 16.3. The summed E-state index contributed by atoms with van der Waals surface area (Å²) in [5, 5.41) is 1.23. The predicted molar refractivity (Wildman–Crippen MR) is 189 cm³/mol. The molecule has 0 saturated heterocycles. The van der Waals surface area contributed by atoms with Gasteiger partial charge in [0.2, 0.25) is 5.43 Å². The van der Waals surface area contributed by atoms with E-state index < -0.39 is 5.41 Å². The minimum atomic E-state index is -0.626. The number of nitrogens with zero attached hydrogens (tertiary/aromatic N) is 1. The van der Waals surface area contributed by atoms with Crippen LogP contribution in [-0.4, -0.2) is 0 Å². The first-order valence-electron chi connectivity index (χ1n) is 16.0. The van der Waals surface area contributed by atoms with Crippen LogP contribution in [0.4, 0.5) is 17.1 Å². The van der Waals surface area contributed by atoms with Crippen molar-refractivity contribution in [2.75, 3.05) is 4.90 Å². The molecule has 3 heteroatoms. The van der Waals surface area contributed by atoms with Crippen LogP contribution >= 0.6 is 0 Å². The zero-order valence-corrected chi connectivity index (χ0v) is 26.4. The van der Waals surface area contributed by atoms with Gasteiger partial charge in [-0.2, -0.15) is 0 Å². The summed E-state index contributed by atoms with van der Waals surface area (Å²) in [7, 11) is 0. The van der Waals surface area contributed by atoms with Crippen molar-refractivity contribution in [1.82, 2.24) is 0 Å². The second-order valence-electron chi connectivity index (χ2n) is 13.8. The zero-order chi connectivity index (χ0) is 31.4. The Balaban J connectivity index is 1.47. The standard InChI is InChI=1S/C43H33NO2/c1-26-18-21-39-31(22-26)41(45)32-24-30-29-20-19-27(42(2,3)4)23-35(29)43(36(30)25-40(32)46-39)33-14-8-10-16-37(33)44(28-12-6-5-7-13-28)38-17-11-9-15-34(38)43/h5-25H,1-4H3. The van der Waals surface area contributed by atoms with Crippen molar-refractivity contribution in [3.8, 4) is 11.1 Å². The maximum Gasteiger partial charge on any atom is 0.200 e. The summed E-state index contributed by atoms with van der Waals surface area (Å²) in [6.07, 6.45) is 0. The van der Waals surface area contributed by atoms with E-state index in [2.05, 4.69) is 135 Å². The lowest BCUT2D eigenvalue weighted by atomic mass is 9.64. The average Bonchev–Trinajstić information content (AvgIpc) is 3.34. The van der Waals surface area contributed by atoms with E-state index in [1.165, 1.54) is 22.3 Å². The second-order valence-corrected chi connectivity index (χ2v) is 13.8. The van der Waals surface area contributed by atoms with Gasteiger partial charge in [-0.3, -0.25) is 4.79 Å². The van der Waals surface area contributed by atoms with E-state index in [4.69, 9.17) is 4.42 Å². The summed E-state index contributed by atoms with van der Waals surface area (Å²) >= 11 is 0. The molecule has 3 nitrogen and oxygen atoms in total. The molecule has 0 radical (unpaired) electrons. The molecular formula is C43H33NO2. The molecule has 1 aliphatic heterocycles. The van der Waals surface area contributed by atoms with E-state index in [1.807, 2.05) is 25.1 Å². The maximum atomic E-state index is 14.0. The normalized spacial score (nSPS) is 14.3. The fourth-order valence-corrected chi connectivity index (χ4v) is 7.93. The lowest BCUT2D eigenvalue weighted by molar-refractivity contribution is 0.588. The number of para-hydroxylation sites is 3. The van der Waals surface area contributed by atoms with Gasteiger partial charge in [0.25, 0.3) is 0 Å². The average molecular weight is 596 g/mol. The summed E-state index contributed by atoms with van der Waals surface area (Å²) in [6, 6.07) is 45.3. The van der Waals surface area contributed by atoms with E-state index in [-0.39, 0.29) is 10.8 Å². The summed E-state index contributed by atoms with van der Waals surface area (Å²) in [4.78, 5) is 16.4. The Morgan fingerprint density at radius 3 is 1.91 bits per heavy atom. The van der Waals surface area contributed by atoms with E-state index in [1.54, 1.807) is 0 Å². The Kier molecular flexibility index (Phi) is 5.45. The number of hydrogen-bond acceptors (Lipinski definition) is 3. The first-order chi connectivity index (χ1) is 22.3. The quantitative estimate of drug-likeness (QED) is 0.177. The topological polar surface area (TPSA) is 33.5 Å². The Labute approximate surface area is 268 Å². The number of fused-ring (bicyclic) bond motifs is 11. The minimum Gasteiger partial charge on any atom is -0.456 e. The van der Waals surface area contributed by atoms with Gasteiger partial charge in [0, 0.05) is 5.69 Å². The molecule has 9 rings (SSSR count). The van der Waals surface area contributed by atoms with Crippen LogP contribution in [0.3, 0.4) is 0 Å². The van der Waals surface area contributed by atoms with Crippen LogP contribution in [0.15, 0.2) is 137 Å². The molecule has 0 unspecified atom stereocenters. The van der Waals surface area contributed by atoms with Crippen molar-refractivity contribution < 1.29 is 4.42 Å². The minimum absolute atomic E-state index is 0.0104. The van der Waals surface area contributed by atoms with Crippen molar-refractivity contribution in [2.45, 2.75) is 38.5 Å². The Bertz CT molecular complexity index is 2400. The molecule has 0 fully saturated rings. The highest BCUT2D eigenvalue weighted by Gasteiger charge is 2.52. The summed E-state index contributed by atoms with van der Waals surface area (Å²) in [6.45, 7) is 8.82. The molecule has 0 bridgehead atoms. The molecule has 0 atom stereocenters. The van der Waals surface area contributed by atoms with Crippen LogP contribution in [0, 0.1) is 6.92 Å². The molecular weight excluding hydrogens is 562 g/mol. The molecule has 7 aromatic rings. The van der Waals surface area contributed by atoms with Crippen LogP contribution in [-0.2, 0) is 10.8 Å². The van der Waals surface area contributed by atoms with Crippen molar-refractivity contribution in [2.24, 2.45) is 0 Å². The van der Waals surface area contributed by atoms with Gasteiger partial charge >= 0.3 is 0 Å². The smallest absolute Gasteiger partial charge is 0.200 e. The third kappa shape index (κ3) is 3.51.